The first-order valence-corrected chi connectivity index (χ1v) is 7.74. The zero-order valence-electron chi connectivity index (χ0n) is 13.4. The number of benzene rings is 1. The molecule has 2 N–H and O–H groups in total. The van der Waals surface area contributed by atoms with Crippen molar-refractivity contribution in [3.05, 3.63) is 47.7 Å². The van der Waals surface area contributed by atoms with E-state index >= 15 is 0 Å². The number of carbonyl (C=O) groups excluding carboxylic acids is 2. The highest BCUT2D eigenvalue weighted by Crippen LogP contribution is 2.36. The lowest BCUT2D eigenvalue weighted by Gasteiger charge is -2.35. The molecule has 1 aliphatic heterocycles. The summed E-state index contributed by atoms with van der Waals surface area (Å²) in [6.45, 7) is 0.201. The molecule has 2 amide bonds. The molecule has 7 nitrogen and oxygen atoms in total. The van der Waals surface area contributed by atoms with Gasteiger partial charge < -0.3 is 15.2 Å². The number of nitrogens with one attached hydrogen (secondary N) is 2. The van der Waals surface area contributed by atoms with E-state index in [-0.39, 0.29) is 31.0 Å². The highest BCUT2D eigenvalue weighted by Gasteiger charge is 2.40. The van der Waals surface area contributed by atoms with Gasteiger partial charge in [0.2, 0.25) is 11.8 Å². The van der Waals surface area contributed by atoms with E-state index in [9.17, 15) is 22.8 Å². The van der Waals surface area contributed by atoms with Gasteiger partial charge in [-0.05, 0) is 11.6 Å². The molecule has 1 aromatic heterocycles. The minimum atomic E-state index is -4.61. The molecule has 0 bridgehead atoms. The highest BCUT2D eigenvalue weighted by molar-refractivity contribution is 5.92. The van der Waals surface area contributed by atoms with Crippen LogP contribution in [0.2, 0.25) is 0 Å². The van der Waals surface area contributed by atoms with E-state index in [1.807, 2.05) is 0 Å². The largest absolute Gasteiger partial charge is 0.416 e. The van der Waals surface area contributed by atoms with Gasteiger partial charge in [0.1, 0.15) is 12.3 Å². The minimum absolute atomic E-state index is 0.184. The number of hydrogen-bond acceptors (Lipinski definition) is 5. The summed E-state index contributed by atoms with van der Waals surface area (Å²) in [6.07, 6.45) is -3.34. The van der Waals surface area contributed by atoms with Gasteiger partial charge in [-0.25, -0.2) is 0 Å². The van der Waals surface area contributed by atoms with E-state index in [0.717, 1.165) is 6.07 Å². The number of halogens is 3. The van der Waals surface area contributed by atoms with Crippen LogP contribution in [0.5, 0.6) is 0 Å². The molecular formula is C16H15F3N4O3. The molecule has 1 fully saturated rings. The Kier molecular flexibility index (Phi) is 4.94. The molecule has 2 aromatic rings. The summed E-state index contributed by atoms with van der Waals surface area (Å²) in [5.74, 6) is -0.908. The lowest BCUT2D eigenvalue weighted by molar-refractivity contribution is -0.140. The number of rotatable bonds is 4. The molecule has 1 aliphatic rings. The van der Waals surface area contributed by atoms with Gasteiger partial charge in [-0.15, -0.1) is 0 Å². The molecule has 0 radical (unpaired) electrons. The third-order valence-corrected chi connectivity index (χ3v) is 3.92. The number of aromatic nitrogens is 1. The summed E-state index contributed by atoms with van der Waals surface area (Å²) in [4.78, 5) is 25.9. The number of carbonyl (C=O) groups is 2. The summed E-state index contributed by atoms with van der Waals surface area (Å²) >= 11 is 0. The van der Waals surface area contributed by atoms with Gasteiger partial charge in [-0.3, -0.25) is 14.5 Å². The Bertz CT molecular complexity index is 792. The van der Waals surface area contributed by atoms with Gasteiger partial charge in [0, 0.05) is 19.2 Å². The van der Waals surface area contributed by atoms with Crippen LogP contribution in [0.1, 0.15) is 17.2 Å². The number of hydrogen-bond donors (Lipinski definition) is 2. The molecule has 10 heteroatoms. The smallest absolute Gasteiger partial charge is 0.363 e. The molecule has 1 saturated heterocycles. The second-order valence-electron chi connectivity index (χ2n) is 5.68. The van der Waals surface area contributed by atoms with Crippen molar-refractivity contribution in [1.82, 2.24) is 15.4 Å². The average Bonchev–Trinajstić information content (AvgIpc) is 3.07. The molecule has 0 aliphatic carbocycles. The Morgan fingerprint density at radius 3 is 2.81 bits per heavy atom. The fourth-order valence-electron chi connectivity index (χ4n) is 2.86. The first-order chi connectivity index (χ1) is 12.4. The fourth-order valence-corrected chi connectivity index (χ4v) is 2.86. The van der Waals surface area contributed by atoms with E-state index in [2.05, 4.69) is 20.3 Å². The predicted octanol–water partition coefficient (Wildman–Crippen LogP) is 1.80. The number of alkyl halides is 3. The summed E-state index contributed by atoms with van der Waals surface area (Å²) in [7, 11) is 0. The summed E-state index contributed by atoms with van der Waals surface area (Å²) in [6, 6.07) is 5.07. The van der Waals surface area contributed by atoms with Crippen molar-refractivity contribution in [2.24, 2.45) is 0 Å². The molecule has 2 heterocycles. The average molecular weight is 368 g/mol. The van der Waals surface area contributed by atoms with Crippen LogP contribution in [-0.2, 0) is 15.8 Å². The Hall–Kier alpha value is -2.88. The van der Waals surface area contributed by atoms with Crippen LogP contribution in [0.15, 0.2) is 41.1 Å². The second-order valence-corrected chi connectivity index (χ2v) is 5.68. The number of nitrogens with zero attached hydrogens (tertiary/aromatic N) is 2. The van der Waals surface area contributed by atoms with Crippen LogP contribution < -0.4 is 10.6 Å². The molecule has 1 atom stereocenters. The Morgan fingerprint density at radius 1 is 1.35 bits per heavy atom. The van der Waals surface area contributed by atoms with Crippen molar-refractivity contribution in [3.8, 4) is 0 Å². The zero-order chi connectivity index (χ0) is 18.7. The fraction of sp³-hybridized carbons (Fsp3) is 0.312. The third kappa shape index (κ3) is 3.85. The van der Waals surface area contributed by atoms with Gasteiger partial charge in [0.25, 0.3) is 0 Å². The number of piperazine rings is 1. The molecule has 3 rings (SSSR count). The van der Waals surface area contributed by atoms with Crippen LogP contribution in [0.25, 0.3) is 0 Å². The monoisotopic (exact) mass is 368 g/mol. The molecule has 1 aromatic carbocycles. The van der Waals surface area contributed by atoms with Crippen molar-refractivity contribution in [2.75, 3.05) is 25.0 Å². The van der Waals surface area contributed by atoms with Gasteiger partial charge in [0.15, 0.2) is 5.82 Å². The van der Waals surface area contributed by atoms with Crippen molar-refractivity contribution in [3.63, 3.8) is 0 Å². The summed E-state index contributed by atoms with van der Waals surface area (Å²) < 4.78 is 44.6. The third-order valence-electron chi connectivity index (χ3n) is 3.92. The van der Waals surface area contributed by atoms with Crippen LogP contribution in [0.4, 0.5) is 19.0 Å². The minimum Gasteiger partial charge on any atom is -0.363 e. The van der Waals surface area contributed by atoms with E-state index in [4.69, 9.17) is 0 Å². The number of amides is 2. The topological polar surface area (TPSA) is 87.5 Å². The lowest BCUT2D eigenvalue weighted by atomic mass is 9.96. The Morgan fingerprint density at radius 2 is 2.12 bits per heavy atom. The van der Waals surface area contributed by atoms with E-state index in [1.54, 1.807) is 0 Å². The van der Waals surface area contributed by atoms with Gasteiger partial charge >= 0.3 is 6.18 Å². The van der Waals surface area contributed by atoms with Crippen LogP contribution >= 0.6 is 0 Å². The highest BCUT2D eigenvalue weighted by atomic mass is 19.4. The quantitative estimate of drug-likeness (QED) is 0.859. The van der Waals surface area contributed by atoms with E-state index in [0.29, 0.717) is 0 Å². The van der Waals surface area contributed by atoms with Crippen molar-refractivity contribution >= 4 is 17.6 Å². The Balaban J connectivity index is 1.86. The van der Waals surface area contributed by atoms with Crippen molar-refractivity contribution in [1.29, 1.82) is 0 Å². The second kappa shape index (κ2) is 7.16. The maximum absolute atomic E-state index is 13.3. The molecular weight excluding hydrogens is 353 g/mol. The van der Waals surface area contributed by atoms with Crippen LogP contribution in [0.3, 0.4) is 0 Å². The first-order valence-electron chi connectivity index (χ1n) is 7.74. The van der Waals surface area contributed by atoms with Crippen molar-refractivity contribution < 1.29 is 27.3 Å². The maximum Gasteiger partial charge on any atom is 0.416 e. The van der Waals surface area contributed by atoms with Gasteiger partial charge in [-0.1, -0.05) is 23.4 Å². The molecule has 1 unspecified atom stereocenters. The lowest BCUT2D eigenvalue weighted by Crippen LogP contribution is -2.52. The van der Waals surface area contributed by atoms with Gasteiger partial charge in [-0.2, -0.15) is 13.2 Å². The molecule has 138 valence electrons. The molecule has 0 spiro atoms. The first kappa shape index (κ1) is 17.9. The normalized spacial score (nSPS) is 18.4. The number of anilines is 1. The summed E-state index contributed by atoms with van der Waals surface area (Å²) in [5.41, 5.74) is -1.09. The van der Waals surface area contributed by atoms with Crippen LogP contribution in [0, 0.1) is 0 Å². The van der Waals surface area contributed by atoms with Crippen LogP contribution in [-0.4, -0.2) is 41.5 Å². The van der Waals surface area contributed by atoms with Crippen molar-refractivity contribution in [2.45, 2.75) is 12.2 Å². The molecule has 0 saturated carbocycles. The maximum atomic E-state index is 13.3. The SMILES string of the molecule is O=C(CN1CCNC(=O)C1c1ccccc1C(F)(F)F)Nc1ccon1. The zero-order valence-corrected chi connectivity index (χ0v) is 13.4. The molecule has 26 heavy (non-hydrogen) atoms. The summed E-state index contributed by atoms with van der Waals surface area (Å²) in [5, 5.41) is 8.55. The van der Waals surface area contributed by atoms with E-state index < -0.39 is 29.6 Å². The predicted molar refractivity (Wildman–Crippen MR) is 83.9 cm³/mol. The Labute approximate surface area is 146 Å². The van der Waals surface area contributed by atoms with Gasteiger partial charge in [0.05, 0.1) is 12.1 Å². The standard InChI is InChI=1S/C16H15F3N4O3/c17-16(18,19)11-4-2-1-3-10(11)14-15(25)20-6-7-23(14)9-13(24)21-12-5-8-26-22-12/h1-5,8,14H,6-7,9H2,(H,20,25)(H,21,22,24). The van der Waals surface area contributed by atoms with E-state index in [1.165, 1.54) is 35.4 Å².